The van der Waals surface area contributed by atoms with E-state index >= 15 is 0 Å². The molecule has 2 aromatic carbocycles. The van der Waals surface area contributed by atoms with Crippen LogP contribution in [0, 0.1) is 12.1 Å². The number of benzene rings is 2. The Kier molecular flexibility index (Phi) is 14.6. The van der Waals surface area contributed by atoms with E-state index in [1.54, 1.807) is 36.7 Å². The Labute approximate surface area is 244 Å². The van der Waals surface area contributed by atoms with Crippen LogP contribution in [-0.2, 0) is 24.9 Å². The number of carbonyl (C=O) groups is 1. The quantitative estimate of drug-likeness (QED) is 0.130. The van der Waals surface area contributed by atoms with Crippen LogP contribution in [0.4, 0.5) is 0 Å². The molecule has 4 nitrogen and oxygen atoms in total. The van der Waals surface area contributed by atoms with Gasteiger partial charge in [0.05, 0.1) is 5.76 Å². The van der Waals surface area contributed by atoms with Crippen molar-refractivity contribution in [3.05, 3.63) is 117 Å². The van der Waals surface area contributed by atoms with Crippen LogP contribution in [0.15, 0.2) is 84.9 Å². The molecule has 36 heavy (non-hydrogen) atoms. The molecule has 0 aliphatic carbocycles. The van der Waals surface area contributed by atoms with Crippen molar-refractivity contribution >= 4 is 52.2 Å². The van der Waals surface area contributed by atoms with Crippen LogP contribution in [0.2, 0.25) is 20.1 Å². The molecule has 1 N–H and O–H groups in total. The SMILES string of the molecule is CC(=O)/C=C(/C)O.Clc1c[c-]c(-c2ccccn2)c(Cl)c1.Clc1c[c-]c(-c2ccccn2)c(Cl)c1.[Ir]. The number of aliphatic hydroxyl groups is 1. The summed E-state index contributed by atoms with van der Waals surface area (Å²) in [5, 5.41) is 10.7. The molecule has 0 atom stereocenters. The van der Waals surface area contributed by atoms with Crippen molar-refractivity contribution in [2.24, 2.45) is 0 Å². The standard InChI is InChI=1S/2C11H6Cl2N.C5H8O2.Ir/c2*12-8-4-5-9(10(13)7-8)11-3-1-2-6-14-11;1-4(6)3-5(2)7;/h2*1-4,6-7H;3,6H,1-2H3;/q2*-1;;/b;;4-3-;. The smallest absolute Gasteiger partial charge is 0.155 e. The van der Waals surface area contributed by atoms with Gasteiger partial charge in [-0.1, -0.05) is 24.3 Å². The molecule has 0 amide bonds. The van der Waals surface area contributed by atoms with Crippen molar-refractivity contribution < 1.29 is 30.0 Å². The predicted octanol–water partition coefficient (Wildman–Crippen LogP) is 8.75. The molecule has 4 aromatic rings. The molecule has 0 spiro atoms. The number of rotatable bonds is 3. The van der Waals surface area contributed by atoms with E-state index in [2.05, 4.69) is 22.1 Å². The summed E-state index contributed by atoms with van der Waals surface area (Å²) in [7, 11) is 0. The number of carbonyl (C=O) groups excluding carboxylic acids is 1. The summed E-state index contributed by atoms with van der Waals surface area (Å²) in [5.74, 6) is -0.0625. The maximum atomic E-state index is 10.0. The number of allylic oxidation sites excluding steroid dienone is 2. The molecule has 2 heterocycles. The van der Waals surface area contributed by atoms with Gasteiger partial charge in [0.2, 0.25) is 0 Å². The predicted molar refractivity (Wildman–Crippen MR) is 144 cm³/mol. The van der Waals surface area contributed by atoms with Gasteiger partial charge in [-0.15, -0.1) is 93.9 Å². The molecule has 0 aliphatic heterocycles. The Morgan fingerprint density at radius 2 is 1.22 bits per heavy atom. The van der Waals surface area contributed by atoms with Gasteiger partial charge in [0.15, 0.2) is 5.78 Å². The first-order chi connectivity index (χ1) is 16.7. The van der Waals surface area contributed by atoms with Crippen LogP contribution >= 0.6 is 46.4 Å². The molecular weight excluding hydrogens is 718 g/mol. The third kappa shape index (κ3) is 11.2. The second kappa shape index (κ2) is 16.5. The first kappa shape index (κ1) is 31.8. The average Bonchev–Trinajstić information content (AvgIpc) is 2.80. The normalized spacial score (nSPS) is 10.1. The van der Waals surface area contributed by atoms with Gasteiger partial charge in [0.25, 0.3) is 0 Å². The molecule has 0 saturated heterocycles. The average molecular weight is 738 g/mol. The Hall–Kier alpha value is -2.24. The molecule has 0 aliphatic rings. The van der Waals surface area contributed by atoms with Crippen molar-refractivity contribution in [2.75, 3.05) is 0 Å². The minimum absolute atomic E-state index is 0. The van der Waals surface area contributed by atoms with Gasteiger partial charge in [-0.05, 0) is 57.5 Å². The van der Waals surface area contributed by atoms with Crippen molar-refractivity contribution in [3.63, 3.8) is 0 Å². The van der Waals surface area contributed by atoms with Crippen LogP contribution in [-0.4, -0.2) is 20.9 Å². The van der Waals surface area contributed by atoms with E-state index < -0.39 is 0 Å². The largest absolute Gasteiger partial charge is 0.512 e. The Morgan fingerprint density at radius 3 is 1.47 bits per heavy atom. The first-order valence-corrected chi connectivity index (χ1v) is 11.6. The van der Waals surface area contributed by atoms with Crippen LogP contribution in [0.1, 0.15) is 13.8 Å². The summed E-state index contributed by atoms with van der Waals surface area (Å²) >= 11 is 23.6. The maximum absolute atomic E-state index is 10.0. The maximum Gasteiger partial charge on any atom is 0.155 e. The summed E-state index contributed by atoms with van der Waals surface area (Å²) in [4.78, 5) is 18.4. The minimum atomic E-state index is -0.125. The van der Waals surface area contributed by atoms with Crippen molar-refractivity contribution in [3.8, 4) is 22.5 Å². The number of halogens is 4. The van der Waals surface area contributed by atoms with E-state index in [1.165, 1.54) is 19.9 Å². The molecule has 0 saturated carbocycles. The molecule has 0 unspecified atom stereocenters. The molecule has 4 rings (SSSR count). The molecule has 0 bridgehead atoms. The van der Waals surface area contributed by atoms with Gasteiger partial charge in [0, 0.05) is 38.6 Å². The van der Waals surface area contributed by atoms with E-state index in [1.807, 2.05) is 36.4 Å². The summed E-state index contributed by atoms with van der Waals surface area (Å²) in [5.41, 5.74) is 3.15. The fourth-order valence-electron chi connectivity index (χ4n) is 2.60. The van der Waals surface area contributed by atoms with Crippen LogP contribution in [0.3, 0.4) is 0 Å². The Bertz CT molecular complexity index is 1200. The van der Waals surface area contributed by atoms with Gasteiger partial charge in [-0.3, -0.25) is 4.79 Å². The number of nitrogens with zero attached hydrogens (tertiary/aromatic N) is 2. The third-order valence-electron chi connectivity index (χ3n) is 3.97. The summed E-state index contributed by atoms with van der Waals surface area (Å²) < 4.78 is 0. The summed E-state index contributed by atoms with van der Waals surface area (Å²) in [6.07, 6.45) is 4.60. The van der Waals surface area contributed by atoms with E-state index in [4.69, 9.17) is 51.5 Å². The first-order valence-electron chi connectivity index (χ1n) is 10.1. The van der Waals surface area contributed by atoms with E-state index in [0.29, 0.717) is 20.1 Å². The van der Waals surface area contributed by atoms with Crippen LogP contribution < -0.4 is 0 Å². The van der Waals surface area contributed by atoms with Gasteiger partial charge in [-0.2, -0.15) is 0 Å². The fourth-order valence-corrected chi connectivity index (χ4v) is 3.57. The van der Waals surface area contributed by atoms with Crippen molar-refractivity contribution in [1.82, 2.24) is 9.97 Å². The van der Waals surface area contributed by atoms with Gasteiger partial charge < -0.3 is 15.1 Å². The molecule has 9 heteroatoms. The Balaban J connectivity index is 0.000000283. The fraction of sp³-hybridized carbons (Fsp3) is 0.0741. The molecule has 1 radical (unpaired) electrons. The number of pyridine rings is 2. The van der Waals surface area contributed by atoms with Gasteiger partial charge in [-0.25, -0.2) is 0 Å². The molecule has 189 valence electrons. The second-order valence-electron chi connectivity index (χ2n) is 6.91. The molecular formula is C27H20Cl4IrN2O2-2. The zero-order valence-corrected chi connectivity index (χ0v) is 24.5. The van der Waals surface area contributed by atoms with Crippen LogP contribution in [0.5, 0.6) is 0 Å². The van der Waals surface area contributed by atoms with Crippen molar-refractivity contribution in [1.29, 1.82) is 0 Å². The van der Waals surface area contributed by atoms with E-state index in [0.717, 1.165) is 22.5 Å². The van der Waals surface area contributed by atoms with E-state index in [9.17, 15) is 4.79 Å². The number of aromatic nitrogens is 2. The zero-order valence-electron chi connectivity index (χ0n) is 19.1. The van der Waals surface area contributed by atoms with Gasteiger partial charge >= 0.3 is 0 Å². The zero-order chi connectivity index (χ0) is 25.8. The summed E-state index contributed by atoms with van der Waals surface area (Å²) in [6.45, 7) is 2.85. The number of ketones is 1. The summed E-state index contributed by atoms with van der Waals surface area (Å²) in [6, 6.07) is 24.0. The number of hydrogen-bond donors (Lipinski definition) is 1. The molecule has 0 fully saturated rings. The monoisotopic (exact) mass is 737 g/mol. The van der Waals surface area contributed by atoms with Crippen LogP contribution in [0.25, 0.3) is 22.5 Å². The van der Waals surface area contributed by atoms with Crippen molar-refractivity contribution in [2.45, 2.75) is 13.8 Å². The van der Waals surface area contributed by atoms with E-state index in [-0.39, 0.29) is 31.6 Å². The topological polar surface area (TPSA) is 63.1 Å². The number of aliphatic hydroxyl groups excluding tert-OH is 1. The number of hydrogen-bond acceptors (Lipinski definition) is 4. The minimum Gasteiger partial charge on any atom is -0.512 e. The second-order valence-corrected chi connectivity index (χ2v) is 8.60. The Morgan fingerprint density at radius 1 is 0.806 bits per heavy atom. The molecule has 2 aromatic heterocycles. The van der Waals surface area contributed by atoms with Gasteiger partial charge in [0.1, 0.15) is 0 Å². The third-order valence-corrected chi connectivity index (χ3v) is 5.00.